The molecule has 5 nitrogen and oxygen atoms in total. The van der Waals surface area contributed by atoms with Crippen LogP contribution in [0.3, 0.4) is 0 Å². The molecule has 0 saturated carbocycles. The molecular weight excluding hydrogens is 256 g/mol. The summed E-state index contributed by atoms with van der Waals surface area (Å²) in [6.07, 6.45) is -0.0900. The lowest BCUT2D eigenvalue weighted by Crippen LogP contribution is -2.42. The van der Waals surface area contributed by atoms with Crippen LogP contribution in [0.1, 0.15) is 17.3 Å². The van der Waals surface area contributed by atoms with E-state index in [1.165, 1.54) is 5.56 Å². The number of hydrogen-bond acceptors (Lipinski definition) is 4. The molecule has 0 radical (unpaired) electrons. The van der Waals surface area contributed by atoms with Gasteiger partial charge < -0.3 is 14.4 Å². The summed E-state index contributed by atoms with van der Waals surface area (Å²) in [6, 6.07) is 8.24. The zero-order valence-electron chi connectivity index (χ0n) is 11.7. The van der Waals surface area contributed by atoms with Crippen LogP contribution in [0.4, 0.5) is 0 Å². The number of rotatable bonds is 3. The molecule has 1 N–H and O–H groups in total. The summed E-state index contributed by atoms with van der Waals surface area (Å²) >= 11 is 0. The molecule has 20 heavy (non-hydrogen) atoms. The van der Waals surface area contributed by atoms with Crippen molar-refractivity contribution in [1.82, 2.24) is 10.2 Å². The van der Waals surface area contributed by atoms with Crippen molar-refractivity contribution in [3.63, 3.8) is 0 Å². The molecule has 0 aromatic heterocycles. The number of ether oxygens (including phenoxy) is 2. The Kier molecular flexibility index (Phi) is 4.00. The molecule has 0 spiro atoms. The van der Waals surface area contributed by atoms with Crippen molar-refractivity contribution < 1.29 is 14.3 Å². The fraction of sp³-hybridized carbons (Fsp3) is 0.533. The molecule has 3 rings (SSSR count). The molecular formula is C15H20N2O3. The minimum absolute atomic E-state index is 0.0279. The maximum absolute atomic E-state index is 12.1. The first kappa shape index (κ1) is 13.5. The monoisotopic (exact) mass is 276 g/mol. The van der Waals surface area contributed by atoms with Gasteiger partial charge in [0.05, 0.1) is 39.0 Å². The van der Waals surface area contributed by atoms with Gasteiger partial charge in [0.1, 0.15) is 6.17 Å². The van der Waals surface area contributed by atoms with Crippen molar-refractivity contribution >= 4 is 5.91 Å². The molecule has 108 valence electrons. The molecule has 1 aromatic rings. The molecule has 2 fully saturated rings. The van der Waals surface area contributed by atoms with Crippen LogP contribution in [0, 0.1) is 6.92 Å². The number of aryl methyl sites for hydroxylation is 1. The molecule has 1 amide bonds. The van der Waals surface area contributed by atoms with Gasteiger partial charge in [-0.25, -0.2) is 0 Å². The van der Waals surface area contributed by atoms with Crippen LogP contribution in [0.15, 0.2) is 24.3 Å². The molecule has 2 saturated heterocycles. The van der Waals surface area contributed by atoms with E-state index in [9.17, 15) is 4.79 Å². The summed E-state index contributed by atoms with van der Waals surface area (Å²) in [5.74, 6) is 0.116. The van der Waals surface area contributed by atoms with Gasteiger partial charge in [0.2, 0.25) is 5.91 Å². The van der Waals surface area contributed by atoms with Crippen LogP contribution in [-0.2, 0) is 14.3 Å². The van der Waals surface area contributed by atoms with E-state index >= 15 is 0 Å². The van der Waals surface area contributed by atoms with Crippen molar-refractivity contribution in [1.29, 1.82) is 0 Å². The third kappa shape index (κ3) is 2.85. The smallest absolute Gasteiger partial charge is 0.238 e. The molecule has 5 heteroatoms. The van der Waals surface area contributed by atoms with Gasteiger partial charge in [0, 0.05) is 0 Å². The van der Waals surface area contributed by atoms with Gasteiger partial charge in [-0.05, 0) is 12.5 Å². The van der Waals surface area contributed by atoms with E-state index in [0.717, 1.165) is 5.56 Å². The first-order chi connectivity index (χ1) is 9.74. The number of hydrogen-bond donors (Lipinski definition) is 1. The van der Waals surface area contributed by atoms with E-state index in [1.54, 1.807) is 0 Å². The maximum atomic E-state index is 12.1. The second kappa shape index (κ2) is 5.91. The van der Waals surface area contributed by atoms with Crippen molar-refractivity contribution in [2.24, 2.45) is 0 Å². The molecule has 2 unspecified atom stereocenters. The molecule has 2 heterocycles. The highest BCUT2D eigenvalue weighted by Gasteiger charge is 2.33. The third-order valence-electron chi connectivity index (χ3n) is 3.72. The molecule has 2 atom stereocenters. The van der Waals surface area contributed by atoms with Crippen LogP contribution in [0.2, 0.25) is 0 Å². The normalized spacial score (nSPS) is 27.1. The molecule has 2 aliphatic heterocycles. The summed E-state index contributed by atoms with van der Waals surface area (Å²) in [5.41, 5.74) is 2.31. The van der Waals surface area contributed by atoms with Gasteiger partial charge in [0.15, 0.2) is 0 Å². The fourth-order valence-electron chi connectivity index (χ4n) is 2.75. The predicted octanol–water partition coefficient (Wildman–Crippen LogP) is 0.841. The Bertz CT molecular complexity index is 486. The summed E-state index contributed by atoms with van der Waals surface area (Å²) in [5, 5.41) is 3.27. The number of carbonyl (C=O) groups is 1. The Labute approximate surface area is 118 Å². The van der Waals surface area contributed by atoms with Gasteiger partial charge in [0.25, 0.3) is 0 Å². The van der Waals surface area contributed by atoms with Crippen LogP contribution in [0.25, 0.3) is 0 Å². The van der Waals surface area contributed by atoms with E-state index < -0.39 is 0 Å². The summed E-state index contributed by atoms with van der Waals surface area (Å²) in [4.78, 5) is 13.9. The van der Waals surface area contributed by atoms with Crippen LogP contribution < -0.4 is 5.32 Å². The second-order valence-corrected chi connectivity index (χ2v) is 5.31. The van der Waals surface area contributed by atoms with E-state index in [-0.39, 0.29) is 18.2 Å². The Morgan fingerprint density at radius 2 is 2.30 bits per heavy atom. The van der Waals surface area contributed by atoms with Crippen LogP contribution >= 0.6 is 0 Å². The average molecular weight is 276 g/mol. The average Bonchev–Trinajstić information content (AvgIpc) is 2.82. The lowest BCUT2D eigenvalue weighted by atomic mass is 10.1. The zero-order chi connectivity index (χ0) is 13.9. The Morgan fingerprint density at radius 3 is 3.05 bits per heavy atom. The van der Waals surface area contributed by atoms with E-state index in [4.69, 9.17) is 9.47 Å². The number of carbonyl (C=O) groups excluding carboxylic acids is 1. The second-order valence-electron chi connectivity index (χ2n) is 5.31. The molecule has 0 bridgehead atoms. The predicted molar refractivity (Wildman–Crippen MR) is 74.2 cm³/mol. The van der Waals surface area contributed by atoms with Gasteiger partial charge in [-0.3, -0.25) is 10.1 Å². The van der Waals surface area contributed by atoms with E-state index in [0.29, 0.717) is 32.9 Å². The minimum Gasteiger partial charge on any atom is -0.376 e. The number of benzene rings is 1. The first-order valence-electron chi connectivity index (χ1n) is 7.03. The molecule has 1 aromatic carbocycles. The fourth-order valence-corrected chi connectivity index (χ4v) is 2.75. The van der Waals surface area contributed by atoms with Gasteiger partial charge in [-0.15, -0.1) is 0 Å². The SMILES string of the molecule is Cc1cccc(C2NCC(=O)N2CC2COCCO2)c1. The topological polar surface area (TPSA) is 50.8 Å². The molecule has 0 aliphatic carbocycles. The largest absolute Gasteiger partial charge is 0.376 e. The summed E-state index contributed by atoms with van der Waals surface area (Å²) in [7, 11) is 0. The van der Waals surface area contributed by atoms with Crippen LogP contribution in [0.5, 0.6) is 0 Å². The van der Waals surface area contributed by atoms with Crippen molar-refractivity contribution in [3.8, 4) is 0 Å². The number of amides is 1. The Morgan fingerprint density at radius 1 is 1.40 bits per heavy atom. The standard InChI is InChI=1S/C15H20N2O3/c1-11-3-2-4-12(7-11)15-16-8-14(18)17(15)9-13-10-19-5-6-20-13/h2-4,7,13,15-16H,5-6,8-10H2,1H3. The highest BCUT2D eigenvalue weighted by molar-refractivity contribution is 5.81. The molecule has 2 aliphatic rings. The van der Waals surface area contributed by atoms with E-state index in [2.05, 4.69) is 30.4 Å². The van der Waals surface area contributed by atoms with Gasteiger partial charge in [-0.2, -0.15) is 0 Å². The van der Waals surface area contributed by atoms with Crippen molar-refractivity contribution in [2.75, 3.05) is 32.9 Å². The van der Waals surface area contributed by atoms with Crippen LogP contribution in [-0.4, -0.2) is 49.8 Å². The van der Waals surface area contributed by atoms with Gasteiger partial charge in [-0.1, -0.05) is 29.8 Å². The Balaban J connectivity index is 1.74. The Hall–Kier alpha value is -1.43. The first-order valence-corrected chi connectivity index (χ1v) is 7.03. The van der Waals surface area contributed by atoms with Gasteiger partial charge >= 0.3 is 0 Å². The van der Waals surface area contributed by atoms with Crippen molar-refractivity contribution in [3.05, 3.63) is 35.4 Å². The highest BCUT2D eigenvalue weighted by atomic mass is 16.6. The lowest BCUT2D eigenvalue weighted by molar-refractivity contribution is -0.135. The maximum Gasteiger partial charge on any atom is 0.238 e. The summed E-state index contributed by atoms with van der Waals surface area (Å²) in [6.45, 7) is 4.82. The summed E-state index contributed by atoms with van der Waals surface area (Å²) < 4.78 is 11.1. The van der Waals surface area contributed by atoms with Crippen molar-refractivity contribution in [2.45, 2.75) is 19.2 Å². The van der Waals surface area contributed by atoms with E-state index in [1.807, 2.05) is 11.0 Å². The number of nitrogens with zero attached hydrogens (tertiary/aromatic N) is 1. The lowest BCUT2D eigenvalue weighted by Gasteiger charge is -2.31. The highest BCUT2D eigenvalue weighted by Crippen LogP contribution is 2.24. The zero-order valence-corrected chi connectivity index (χ0v) is 11.7. The minimum atomic E-state index is -0.0621. The third-order valence-corrected chi connectivity index (χ3v) is 3.72. The quantitative estimate of drug-likeness (QED) is 0.889. The number of nitrogens with one attached hydrogen (secondary N) is 1.